The topological polar surface area (TPSA) is 15.3 Å². The van der Waals surface area contributed by atoms with Gasteiger partial charge in [-0.15, -0.1) is 0 Å². The van der Waals surface area contributed by atoms with Crippen LogP contribution in [0.1, 0.15) is 36.4 Å². The molecule has 1 aliphatic heterocycles. The zero-order valence-electron chi connectivity index (χ0n) is 12.3. The monoisotopic (exact) mass is 316 g/mol. The Balaban J connectivity index is 2.02. The molecule has 22 heavy (non-hydrogen) atoms. The van der Waals surface area contributed by atoms with Crippen LogP contribution in [0.3, 0.4) is 0 Å². The molecule has 1 aliphatic carbocycles. The van der Waals surface area contributed by atoms with E-state index < -0.39 is 17.6 Å². The molecule has 122 valence electrons. The Kier molecular flexibility index (Phi) is 4.41. The van der Waals surface area contributed by atoms with Crippen molar-refractivity contribution >= 4 is 0 Å². The molecule has 0 bridgehead atoms. The number of rotatable bonds is 3. The molecule has 2 nitrogen and oxygen atoms in total. The van der Waals surface area contributed by atoms with Gasteiger partial charge in [0.15, 0.2) is 0 Å². The molecule has 0 aromatic heterocycles. The summed E-state index contributed by atoms with van der Waals surface area (Å²) in [6.07, 6.45) is -1.77. The number of halogens is 4. The summed E-state index contributed by atoms with van der Waals surface area (Å²) in [7, 11) is 0. The van der Waals surface area contributed by atoms with Crippen molar-refractivity contribution in [3.63, 3.8) is 0 Å². The van der Waals surface area contributed by atoms with Gasteiger partial charge in [-0.3, -0.25) is 4.90 Å². The van der Waals surface area contributed by atoms with E-state index in [-0.39, 0.29) is 17.5 Å². The van der Waals surface area contributed by atoms with E-state index in [4.69, 9.17) is 0 Å². The van der Waals surface area contributed by atoms with Crippen molar-refractivity contribution in [2.45, 2.75) is 31.5 Å². The molecule has 1 heterocycles. The number of nitrogens with zero attached hydrogens (tertiary/aromatic N) is 1. The Labute approximate surface area is 127 Å². The molecule has 2 aliphatic rings. The van der Waals surface area contributed by atoms with Crippen LogP contribution >= 0.6 is 0 Å². The lowest BCUT2D eigenvalue weighted by molar-refractivity contribution is -0.141. The van der Waals surface area contributed by atoms with Gasteiger partial charge in [0.05, 0.1) is 5.56 Å². The molecule has 1 saturated carbocycles. The molecule has 6 heteroatoms. The summed E-state index contributed by atoms with van der Waals surface area (Å²) in [5.41, 5.74) is -0.968. The summed E-state index contributed by atoms with van der Waals surface area (Å²) >= 11 is 0. The second-order valence-corrected chi connectivity index (χ2v) is 6.12. The molecule has 1 aromatic carbocycles. The maximum absolute atomic E-state index is 13.9. The van der Waals surface area contributed by atoms with Crippen molar-refractivity contribution < 1.29 is 17.6 Å². The summed E-state index contributed by atoms with van der Waals surface area (Å²) < 4.78 is 54.0. The van der Waals surface area contributed by atoms with Crippen molar-refractivity contribution in [3.8, 4) is 0 Å². The maximum Gasteiger partial charge on any atom is 0.419 e. The van der Waals surface area contributed by atoms with Crippen LogP contribution in [0.4, 0.5) is 17.6 Å². The number of hydrogen-bond donors (Lipinski definition) is 1. The third-order valence-electron chi connectivity index (χ3n) is 4.79. The first-order valence-corrected chi connectivity index (χ1v) is 7.79. The van der Waals surface area contributed by atoms with E-state index in [1.807, 2.05) is 0 Å². The predicted molar refractivity (Wildman–Crippen MR) is 75.9 cm³/mol. The molecule has 1 aromatic rings. The standard InChI is InChI=1S/C16H20F4N2/c17-13-6-2-5-12(14(13)16(18,19)20)15(11-3-1-4-11)22-9-7-21-8-10-22/h2,5-6,11,15,21H,1,3-4,7-10H2/t15-/m1/s1. The molecule has 0 amide bonds. The van der Waals surface area contributed by atoms with Gasteiger partial charge in [-0.1, -0.05) is 18.6 Å². The Morgan fingerprint density at radius 3 is 2.36 bits per heavy atom. The fourth-order valence-electron chi connectivity index (χ4n) is 3.55. The van der Waals surface area contributed by atoms with Crippen LogP contribution in [0.25, 0.3) is 0 Å². The molecular formula is C16H20F4N2. The lowest BCUT2D eigenvalue weighted by Crippen LogP contribution is -2.48. The minimum absolute atomic E-state index is 0.110. The maximum atomic E-state index is 13.9. The van der Waals surface area contributed by atoms with Crippen LogP contribution in [-0.4, -0.2) is 31.1 Å². The summed E-state index contributed by atoms with van der Waals surface area (Å²) in [4.78, 5) is 2.09. The first-order chi connectivity index (χ1) is 10.5. The highest BCUT2D eigenvalue weighted by molar-refractivity contribution is 5.34. The average molecular weight is 316 g/mol. The van der Waals surface area contributed by atoms with Crippen LogP contribution in [0.15, 0.2) is 18.2 Å². The van der Waals surface area contributed by atoms with Crippen molar-refractivity contribution in [2.24, 2.45) is 5.92 Å². The van der Waals surface area contributed by atoms with Crippen molar-refractivity contribution in [1.29, 1.82) is 0 Å². The third kappa shape index (κ3) is 2.99. The third-order valence-corrected chi connectivity index (χ3v) is 4.79. The highest BCUT2D eigenvalue weighted by Crippen LogP contribution is 2.46. The van der Waals surface area contributed by atoms with Crippen molar-refractivity contribution in [3.05, 3.63) is 35.1 Å². The number of alkyl halides is 3. The normalized spacial score (nSPS) is 22.4. The molecule has 3 rings (SSSR count). The lowest BCUT2D eigenvalue weighted by Gasteiger charge is -2.44. The van der Waals surface area contributed by atoms with Gasteiger partial charge in [-0.25, -0.2) is 4.39 Å². The highest BCUT2D eigenvalue weighted by Gasteiger charge is 2.42. The second-order valence-electron chi connectivity index (χ2n) is 6.12. The summed E-state index contributed by atoms with van der Waals surface area (Å²) in [5.74, 6) is -0.967. The quantitative estimate of drug-likeness (QED) is 0.857. The van der Waals surface area contributed by atoms with Crippen LogP contribution in [0, 0.1) is 11.7 Å². The SMILES string of the molecule is Fc1cccc([C@@H](C2CCC2)N2CCNCC2)c1C(F)(F)F. The molecule has 1 saturated heterocycles. The van der Waals surface area contributed by atoms with E-state index >= 15 is 0 Å². The number of piperazine rings is 1. The predicted octanol–water partition coefficient (Wildman–Crippen LogP) is 3.59. The molecule has 0 radical (unpaired) electrons. The largest absolute Gasteiger partial charge is 0.419 e. The molecular weight excluding hydrogens is 296 g/mol. The molecule has 1 atom stereocenters. The van der Waals surface area contributed by atoms with Crippen LogP contribution < -0.4 is 5.32 Å². The van der Waals surface area contributed by atoms with E-state index in [1.54, 1.807) is 0 Å². The lowest BCUT2D eigenvalue weighted by atomic mass is 9.75. The molecule has 1 N–H and O–H groups in total. The van der Waals surface area contributed by atoms with Gasteiger partial charge in [0.1, 0.15) is 5.82 Å². The zero-order valence-corrected chi connectivity index (χ0v) is 12.3. The van der Waals surface area contributed by atoms with Crippen LogP contribution in [0.5, 0.6) is 0 Å². The van der Waals surface area contributed by atoms with Gasteiger partial charge < -0.3 is 5.32 Å². The number of hydrogen-bond acceptors (Lipinski definition) is 2. The van der Waals surface area contributed by atoms with E-state index in [1.165, 1.54) is 12.1 Å². The molecule has 2 fully saturated rings. The Morgan fingerprint density at radius 2 is 1.82 bits per heavy atom. The molecule has 0 spiro atoms. The van der Waals surface area contributed by atoms with E-state index in [9.17, 15) is 17.6 Å². The van der Waals surface area contributed by atoms with Gasteiger partial charge >= 0.3 is 6.18 Å². The van der Waals surface area contributed by atoms with E-state index in [0.29, 0.717) is 13.1 Å². The van der Waals surface area contributed by atoms with Gasteiger partial charge in [0.2, 0.25) is 0 Å². The minimum atomic E-state index is -4.66. The molecule has 0 unspecified atom stereocenters. The Bertz CT molecular complexity index is 519. The number of nitrogens with one attached hydrogen (secondary N) is 1. The number of benzene rings is 1. The first kappa shape index (κ1) is 15.7. The summed E-state index contributed by atoms with van der Waals surface area (Å²) in [5, 5.41) is 3.21. The van der Waals surface area contributed by atoms with E-state index in [0.717, 1.165) is 38.4 Å². The summed E-state index contributed by atoms with van der Waals surface area (Å²) in [6.45, 7) is 2.93. The van der Waals surface area contributed by atoms with E-state index in [2.05, 4.69) is 10.2 Å². The van der Waals surface area contributed by atoms with Crippen LogP contribution in [-0.2, 0) is 6.18 Å². The smallest absolute Gasteiger partial charge is 0.314 e. The zero-order chi connectivity index (χ0) is 15.7. The van der Waals surface area contributed by atoms with Gasteiger partial charge in [-0.05, 0) is 30.4 Å². The van der Waals surface area contributed by atoms with Gasteiger partial charge in [0.25, 0.3) is 0 Å². The highest BCUT2D eigenvalue weighted by atomic mass is 19.4. The second kappa shape index (κ2) is 6.16. The average Bonchev–Trinajstić information content (AvgIpc) is 2.42. The van der Waals surface area contributed by atoms with Crippen molar-refractivity contribution in [2.75, 3.05) is 26.2 Å². The Hall–Kier alpha value is -1.14. The minimum Gasteiger partial charge on any atom is -0.314 e. The van der Waals surface area contributed by atoms with Gasteiger partial charge in [0, 0.05) is 32.2 Å². The fraction of sp³-hybridized carbons (Fsp3) is 0.625. The van der Waals surface area contributed by atoms with Crippen molar-refractivity contribution in [1.82, 2.24) is 10.2 Å². The first-order valence-electron chi connectivity index (χ1n) is 7.79. The van der Waals surface area contributed by atoms with Crippen LogP contribution in [0.2, 0.25) is 0 Å². The summed E-state index contributed by atoms with van der Waals surface area (Å²) in [6, 6.07) is 3.43. The van der Waals surface area contributed by atoms with Gasteiger partial charge in [-0.2, -0.15) is 13.2 Å². The fourth-order valence-corrected chi connectivity index (χ4v) is 3.55. The Morgan fingerprint density at radius 1 is 1.14 bits per heavy atom.